The van der Waals surface area contributed by atoms with Crippen LogP contribution in [0.25, 0.3) is 0 Å². The maximum atomic E-state index is 3.87. The highest BCUT2D eigenvalue weighted by atomic mass is 14.2. The van der Waals surface area contributed by atoms with Gasteiger partial charge in [-0.1, -0.05) is 77.8 Å². The Morgan fingerprint density at radius 1 is 0.905 bits per heavy atom. The fourth-order valence-corrected chi connectivity index (χ4v) is 3.11. The third-order valence-corrected chi connectivity index (χ3v) is 5.33. The van der Waals surface area contributed by atoms with E-state index < -0.39 is 0 Å². The van der Waals surface area contributed by atoms with E-state index >= 15 is 0 Å². The van der Waals surface area contributed by atoms with Crippen molar-refractivity contribution < 1.29 is 0 Å². The van der Waals surface area contributed by atoms with Crippen molar-refractivity contribution in [3.05, 3.63) is 36.0 Å². The van der Waals surface area contributed by atoms with Crippen molar-refractivity contribution in [2.45, 2.75) is 73.1 Å². The lowest BCUT2D eigenvalue weighted by Gasteiger charge is -2.24. The van der Waals surface area contributed by atoms with E-state index in [0.717, 1.165) is 23.7 Å². The molecule has 0 N–H and O–H groups in total. The van der Waals surface area contributed by atoms with Crippen molar-refractivity contribution >= 4 is 0 Å². The fourth-order valence-electron chi connectivity index (χ4n) is 3.11. The first-order valence-electron chi connectivity index (χ1n) is 8.96. The number of allylic oxidation sites excluding steroid dienone is 5. The van der Waals surface area contributed by atoms with Crippen molar-refractivity contribution in [2.24, 2.45) is 23.7 Å². The van der Waals surface area contributed by atoms with Crippen LogP contribution in [0.2, 0.25) is 0 Å². The lowest BCUT2D eigenvalue weighted by Crippen LogP contribution is -2.12. The molecule has 0 amide bonds. The summed E-state index contributed by atoms with van der Waals surface area (Å²) in [7, 11) is 0. The van der Waals surface area contributed by atoms with Crippen LogP contribution >= 0.6 is 0 Å². The number of hydrogen-bond acceptors (Lipinski definition) is 0. The summed E-state index contributed by atoms with van der Waals surface area (Å²) < 4.78 is 0. The summed E-state index contributed by atoms with van der Waals surface area (Å²) in [5.74, 6) is 3.31. The number of rotatable bonds is 9. The van der Waals surface area contributed by atoms with Gasteiger partial charge in [-0.3, -0.25) is 0 Å². The lowest BCUT2D eigenvalue weighted by atomic mass is 9.82. The summed E-state index contributed by atoms with van der Waals surface area (Å²) in [6, 6.07) is 0. The highest BCUT2D eigenvalue weighted by Gasteiger charge is 2.16. The Kier molecular flexibility index (Phi) is 8.07. The summed E-state index contributed by atoms with van der Waals surface area (Å²) in [4.78, 5) is 0. The molecule has 1 aliphatic carbocycles. The summed E-state index contributed by atoms with van der Waals surface area (Å²) >= 11 is 0. The van der Waals surface area contributed by atoms with Gasteiger partial charge in [0.1, 0.15) is 0 Å². The van der Waals surface area contributed by atoms with Gasteiger partial charge in [-0.05, 0) is 54.9 Å². The highest BCUT2D eigenvalue weighted by Crippen LogP contribution is 2.30. The third kappa shape index (κ3) is 6.68. The first kappa shape index (κ1) is 18.3. The standard InChI is InChI=1S/C21H36/c1-7-20-12-14-21(15-13-20)19(6)11-10-18(5)17(4)9-8-16(2)3/h7,12,14,16-19H,1,8-11,13,15H2,2-6H3. The zero-order valence-corrected chi connectivity index (χ0v) is 15.0. The molecule has 0 bridgehead atoms. The maximum Gasteiger partial charge on any atom is -0.0228 e. The van der Waals surface area contributed by atoms with Crippen molar-refractivity contribution in [3.8, 4) is 0 Å². The molecular formula is C21H36. The normalized spacial score (nSPS) is 19.7. The van der Waals surface area contributed by atoms with Gasteiger partial charge in [0.25, 0.3) is 0 Å². The Labute approximate surface area is 133 Å². The van der Waals surface area contributed by atoms with Crippen LogP contribution in [0.4, 0.5) is 0 Å². The summed E-state index contributed by atoms with van der Waals surface area (Å²) in [5, 5.41) is 0. The second kappa shape index (κ2) is 9.28. The van der Waals surface area contributed by atoms with E-state index in [1.807, 2.05) is 6.08 Å². The predicted molar refractivity (Wildman–Crippen MR) is 96.4 cm³/mol. The number of hydrogen-bond donors (Lipinski definition) is 0. The minimum atomic E-state index is 0.743. The van der Waals surface area contributed by atoms with Crippen molar-refractivity contribution in [1.29, 1.82) is 0 Å². The monoisotopic (exact) mass is 288 g/mol. The van der Waals surface area contributed by atoms with Crippen LogP contribution < -0.4 is 0 Å². The zero-order chi connectivity index (χ0) is 15.8. The van der Waals surface area contributed by atoms with Crippen LogP contribution in [-0.2, 0) is 0 Å². The Bertz CT molecular complexity index is 369. The van der Waals surface area contributed by atoms with Gasteiger partial charge in [0.2, 0.25) is 0 Å². The second-order valence-electron chi connectivity index (χ2n) is 7.59. The largest absolute Gasteiger partial charge is 0.0988 e. The molecule has 0 aliphatic heterocycles. The molecule has 0 spiro atoms. The molecule has 0 aromatic carbocycles. The van der Waals surface area contributed by atoms with Crippen LogP contribution in [0.3, 0.4) is 0 Å². The average molecular weight is 289 g/mol. The third-order valence-electron chi connectivity index (χ3n) is 5.33. The van der Waals surface area contributed by atoms with E-state index in [9.17, 15) is 0 Å². The molecule has 0 radical (unpaired) electrons. The minimum absolute atomic E-state index is 0.743. The van der Waals surface area contributed by atoms with Crippen LogP contribution in [0.1, 0.15) is 73.1 Å². The first-order chi connectivity index (χ1) is 9.93. The molecule has 1 aliphatic rings. The van der Waals surface area contributed by atoms with Gasteiger partial charge < -0.3 is 0 Å². The Hall–Kier alpha value is -0.780. The molecule has 0 heteroatoms. The molecule has 0 nitrogen and oxygen atoms in total. The van der Waals surface area contributed by atoms with E-state index in [4.69, 9.17) is 0 Å². The molecule has 0 saturated carbocycles. The summed E-state index contributed by atoms with van der Waals surface area (Å²) in [6.45, 7) is 15.8. The minimum Gasteiger partial charge on any atom is -0.0988 e. The van der Waals surface area contributed by atoms with Crippen molar-refractivity contribution in [1.82, 2.24) is 0 Å². The van der Waals surface area contributed by atoms with Gasteiger partial charge in [-0.2, -0.15) is 0 Å². The van der Waals surface area contributed by atoms with Crippen molar-refractivity contribution in [3.63, 3.8) is 0 Å². The van der Waals surface area contributed by atoms with Crippen LogP contribution in [0, 0.1) is 23.7 Å². The quantitative estimate of drug-likeness (QED) is 0.431. The van der Waals surface area contributed by atoms with Gasteiger partial charge in [0.15, 0.2) is 0 Å². The van der Waals surface area contributed by atoms with Gasteiger partial charge in [0, 0.05) is 0 Å². The van der Waals surface area contributed by atoms with E-state index in [-0.39, 0.29) is 0 Å². The molecular weight excluding hydrogens is 252 g/mol. The zero-order valence-electron chi connectivity index (χ0n) is 15.0. The molecule has 0 aromatic heterocycles. The Morgan fingerprint density at radius 2 is 1.52 bits per heavy atom. The Morgan fingerprint density at radius 3 is 2.00 bits per heavy atom. The molecule has 0 aromatic rings. The first-order valence-corrected chi connectivity index (χ1v) is 8.96. The lowest BCUT2D eigenvalue weighted by molar-refractivity contribution is 0.305. The van der Waals surface area contributed by atoms with E-state index in [0.29, 0.717) is 0 Å². The molecule has 3 atom stereocenters. The van der Waals surface area contributed by atoms with Gasteiger partial charge in [0.05, 0.1) is 0 Å². The molecule has 120 valence electrons. The summed E-state index contributed by atoms with van der Waals surface area (Å²) in [6.07, 6.45) is 14.5. The average Bonchev–Trinajstić information content (AvgIpc) is 2.49. The van der Waals surface area contributed by atoms with E-state index in [1.54, 1.807) is 5.57 Å². The van der Waals surface area contributed by atoms with Crippen molar-refractivity contribution in [2.75, 3.05) is 0 Å². The topological polar surface area (TPSA) is 0 Å². The highest BCUT2D eigenvalue weighted by molar-refractivity contribution is 5.30. The van der Waals surface area contributed by atoms with Gasteiger partial charge in [-0.25, -0.2) is 0 Å². The van der Waals surface area contributed by atoms with Crippen LogP contribution in [0.15, 0.2) is 36.0 Å². The van der Waals surface area contributed by atoms with E-state index in [1.165, 1.54) is 44.1 Å². The molecule has 21 heavy (non-hydrogen) atoms. The molecule has 0 saturated heterocycles. The molecule has 1 rings (SSSR count). The smallest absolute Gasteiger partial charge is 0.0228 e. The maximum absolute atomic E-state index is 3.87. The Balaban J connectivity index is 2.35. The van der Waals surface area contributed by atoms with Crippen LogP contribution in [0.5, 0.6) is 0 Å². The second-order valence-corrected chi connectivity index (χ2v) is 7.59. The van der Waals surface area contributed by atoms with E-state index in [2.05, 4.69) is 53.3 Å². The fraction of sp³-hybridized carbons (Fsp3) is 0.714. The molecule has 0 fully saturated rings. The van der Waals surface area contributed by atoms with Crippen LogP contribution in [-0.4, -0.2) is 0 Å². The predicted octanol–water partition coefficient (Wildman–Crippen LogP) is 6.94. The van der Waals surface area contributed by atoms with Gasteiger partial charge in [-0.15, -0.1) is 0 Å². The summed E-state index contributed by atoms with van der Waals surface area (Å²) in [5.41, 5.74) is 3.03. The molecule has 3 unspecified atom stereocenters. The molecule has 0 heterocycles. The SMILES string of the molecule is C=CC1=CC=C(C(C)CCC(C)C(C)CCC(C)C)CC1. The van der Waals surface area contributed by atoms with Gasteiger partial charge >= 0.3 is 0 Å².